The van der Waals surface area contributed by atoms with E-state index < -0.39 is 0 Å². The molecule has 1 aliphatic rings. The summed E-state index contributed by atoms with van der Waals surface area (Å²) in [5.41, 5.74) is 2.15. The number of halogens is 1. The number of nitrogens with zero attached hydrogens (tertiary/aromatic N) is 2. The summed E-state index contributed by atoms with van der Waals surface area (Å²) >= 11 is 0. The summed E-state index contributed by atoms with van der Waals surface area (Å²) in [5, 5.41) is 10.8. The zero-order chi connectivity index (χ0) is 18.5. The molecule has 3 atom stereocenters. The normalized spacial score (nSPS) is 20.0. The molecule has 0 spiro atoms. The third kappa shape index (κ3) is 4.82. The second-order valence-corrected chi connectivity index (χ2v) is 6.76. The smallest absolute Gasteiger partial charge is 0.225 e. The number of amides is 1. The molecule has 1 amide bonds. The van der Waals surface area contributed by atoms with Crippen LogP contribution in [-0.2, 0) is 11.8 Å². The van der Waals surface area contributed by atoms with E-state index in [0.29, 0.717) is 13.2 Å². The van der Waals surface area contributed by atoms with Crippen LogP contribution in [0.2, 0.25) is 0 Å². The van der Waals surface area contributed by atoms with Crippen LogP contribution in [-0.4, -0.2) is 35.4 Å². The lowest BCUT2D eigenvalue weighted by molar-refractivity contribution is -0.125. The lowest BCUT2D eigenvalue weighted by Gasteiger charge is -2.24. The predicted octanol–water partition coefficient (Wildman–Crippen LogP) is 2.81. The minimum atomic E-state index is -0.0903. The number of para-hydroxylation sites is 1. The molecule has 2 N–H and O–H groups in total. The zero-order valence-electron chi connectivity index (χ0n) is 16.1. The van der Waals surface area contributed by atoms with E-state index in [2.05, 4.69) is 22.7 Å². The van der Waals surface area contributed by atoms with Crippen molar-refractivity contribution in [1.29, 1.82) is 0 Å². The third-order valence-electron chi connectivity index (χ3n) is 5.02. The van der Waals surface area contributed by atoms with E-state index >= 15 is 0 Å². The molecule has 1 aliphatic heterocycles. The van der Waals surface area contributed by atoms with Crippen molar-refractivity contribution >= 4 is 18.3 Å². The number of benzene rings is 1. The molecule has 2 aromatic rings. The number of aryl methyl sites for hydroxylation is 1. The van der Waals surface area contributed by atoms with Gasteiger partial charge in [-0.15, -0.1) is 12.4 Å². The highest BCUT2D eigenvalue weighted by molar-refractivity contribution is 5.85. The number of rotatable bonds is 7. The first kappa shape index (κ1) is 21.3. The minimum absolute atomic E-state index is 0. The van der Waals surface area contributed by atoms with Crippen molar-refractivity contribution in [2.75, 3.05) is 19.7 Å². The largest absolute Gasteiger partial charge is 0.494 e. The van der Waals surface area contributed by atoms with E-state index in [4.69, 9.17) is 4.74 Å². The highest BCUT2D eigenvalue weighted by Crippen LogP contribution is 2.31. The van der Waals surface area contributed by atoms with Gasteiger partial charge in [-0.3, -0.25) is 9.48 Å². The summed E-state index contributed by atoms with van der Waals surface area (Å²) in [4.78, 5) is 13.0. The van der Waals surface area contributed by atoms with Crippen molar-refractivity contribution in [3.05, 3.63) is 47.8 Å². The van der Waals surface area contributed by atoms with Crippen LogP contribution in [0.1, 0.15) is 43.4 Å². The Morgan fingerprint density at radius 2 is 2.15 bits per heavy atom. The van der Waals surface area contributed by atoms with Crippen LogP contribution in [0.25, 0.3) is 0 Å². The van der Waals surface area contributed by atoms with Gasteiger partial charge >= 0.3 is 0 Å². The van der Waals surface area contributed by atoms with Gasteiger partial charge in [-0.2, -0.15) is 5.10 Å². The van der Waals surface area contributed by atoms with Crippen LogP contribution in [0.15, 0.2) is 36.7 Å². The third-order valence-corrected chi connectivity index (χ3v) is 5.02. The summed E-state index contributed by atoms with van der Waals surface area (Å²) in [6, 6.07) is 7.89. The van der Waals surface area contributed by atoms with Gasteiger partial charge in [0, 0.05) is 37.8 Å². The molecular formula is C20H29ClN4O2. The second-order valence-electron chi connectivity index (χ2n) is 6.76. The molecule has 1 aromatic carbocycles. The molecule has 148 valence electrons. The summed E-state index contributed by atoms with van der Waals surface area (Å²) in [6.45, 7) is 6.15. The summed E-state index contributed by atoms with van der Waals surface area (Å²) in [5.74, 6) is 0.994. The first-order chi connectivity index (χ1) is 12.6. The van der Waals surface area contributed by atoms with Crippen LogP contribution in [0.5, 0.6) is 5.75 Å². The Labute approximate surface area is 167 Å². The van der Waals surface area contributed by atoms with Crippen molar-refractivity contribution in [1.82, 2.24) is 20.4 Å². The van der Waals surface area contributed by atoms with E-state index in [-0.39, 0.29) is 36.2 Å². The molecule has 2 heterocycles. The van der Waals surface area contributed by atoms with E-state index in [1.54, 1.807) is 4.68 Å². The standard InChI is InChI=1S/C20H28N4O2.ClH/c1-4-18(15-8-6-7-9-19(15)26-5-2)23-20(25)17-12-21-11-16(17)14-10-22-24(3)13-14;/h6-10,13,16-18,21H,4-5,11-12H2,1-3H3,(H,23,25);1H/t16-,17+,18?;/m1./s1. The molecule has 0 radical (unpaired) electrons. The van der Waals surface area contributed by atoms with Crippen molar-refractivity contribution in [2.45, 2.75) is 32.2 Å². The lowest BCUT2D eigenvalue weighted by atomic mass is 9.89. The van der Waals surface area contributed by atoms with Crippen LogP contribution in [0.4, 0.5) is 0 Å². The second kappa shape index (κ2) is 9.76. The Kier molecular flexibility index (Phi) is 7.68. The maximum atomic E-state index is 13.0. The van der Waals surface area contributed by atoms with Crippen LogP contribution < -0.4 is 15.4 Å². The SMILES string of the molecule is CCOc1ccccc1C(CC)NC(=O)[C@H]1CNC[C@@H]1c1cnn(C)c1.Cl. The number of ether oxygens (including phenoxy) is 1. The van der Waals surface area contributed by atoms with Gasteiger partial charge in [-0.05, 0) is 25.0 Å². The van der Waals surface area contributed by atoms with Gasteiger partial charge in [0.2, 0.25) is 5.91 Å². The van der Waals surface area contributed by atoms with Crippen molar-refractivity contribution < 1.29 is 9.53 Å². The predicted molar refractivity (Wildman–Crippen MR) is 108 cm³/mol. The molecule has 0 aliphatic carbocycles. The quantitative estimate of drug-likeness (QED) is 0.760. The van der Waals surface area contributed by atoms with Crippen molar-refractivity contribution in [2.24, 2.45) is 13.0 Å². The van der Waals surface area contributed by atoms with Gasteiger partial charge in [0.15, 0.2) is 0 Å². The molecule has 6 nitrogen and oxygen atoms in total. The first-order valence-electron chi connectivity index (χ1n) is 9.35. The summed E-state index contributed by atoms with van der Waals surface area (Å²) in [7, 11) is 1.90. The van der Waals surface area contributed by atoms with Gasteiger partial charge < -0.3 is 15.4 Å². The first-order valence-corrected chi connectivity index (χ1v) is 9.35. The highest BCUT2D eigenvalue weighted by atomic mass is 35.5. The van der Waals surface area contributed by atoms with E-state index in [9.17, 15) is 4.79 Å². The van der Waals surface area contributed by atoms with Gasteiger partial charge in [0.1, 0.15) is 5.75 Å². The average molecular weight is 393 g/mol. The Morgan fingerprint density at radius 3 is 2.81 bits per heavy atom. The molecule has 27 heavy (non-hydrogen) atoms. The van der Waals surface area contributed by atoms with Gasteiger partial charge in [-0.1, -0.05) is 25.1 Å². The minimum Gasteiger partial charge on any atom is -0.494 e. The topological polar surface area (TPSA) is 68.2 Å². The highest BCUT2D eigenvalue weighted by Gasteiger charge is 2.35. The Bertz CT molecular complexity index is 749. The molecule has 7 heteroatoms. The molecule has 1 unspecified atom stereocenters. The van der Waals surface area contributed by atoms with Gasteiger partial charge in [0.25, 0.3) is 0 Å². The molecule has 0 saturated carbocycles. The molecule has 1 fully saturated rings. The van der Waals surface area contributed by atoms with Crippen LogP contribution >= 0.6 is 12.4 Å². The van der Waals surface area contributed by atoms with E-state index in [1.807, 2.05) is 50.6 Å². The molecule has 1 saturated heterocycles. The summed E-state index contributed by atoms with van der Waals surface area (Å²) < 4.78 is 7.53. The van der Waals surface area contributed by atoms with E-state index in [1.165, 1.54) is 0 Å². The van der Waals surface area contributed by atoms with E-state index in [0.717, 1.165) is 29.8 Å². The monoisotopic (exact) mass is 392 g/mol. The van der Waals surface area contributed by atoms with Crippen molar-refractivity contribution in [3.63, 3.8) is 0 Å². The Balaban J connectivity index is 0.00000261. The maximum absolute atomic E-state index is 13.0. The number of hydrogen-bond donors (Lipinski definition) is 2. The zero-order valence-corrected chi connectivity index (χ0v) is 17.0. The average Bonchev–Trinajstić information content (AvgIpc) is 3.29. The van der Waals surface area contributed by atoms with Gasteiger partial charge in [0.05, 0.1) is 24.8 Å². The van der Waals surface area contributed by atoms with Crippen LogP contribution in [0.3, 0.4) is 0 Å². The molecular weight excluding hydrogens is 364 g/mol. The number of hydrogen-bond acceptors (Lipinski definition) is 4. The van der Waals surface area contributed by atoms with Crippen LogP contribution in [0, 0.1) is 5.92 Å². The number of carbonyl (C=O) groups is 1. The Hall–Kier alpha value is -2.05. The maximum Gasteiger partial charge on any atom is 0.225 e. The number of nitrogens with one attached hydrogen (secondary N) is 2. The Morgan fingerprint density at radius 1 is 1.37 bits per heavy atom. The molecule has 3 rings (SSSR count). The fourth-order valence-corrected chi connectivity index (χ4v) is 3.67. The number of aromatic nitrogens is 2. The van der Waals surface area contributed by atoms with Crippen molar-refractivity contribution in [3.8, 4) is 5.75 Å². The molecule has 0 bridgehead atoms. The fraction of sp³-hybridized carbons (Fsp3) is 0.500. The molecule has 1 aromatic heterocycles. The number of carbonyl (C=O) groups excluding carboxylic acids is 1. The fourth-order valence-electron chi connectivity index (χ4n) is 3.67. The summed E-state index contributed by atoms with van der Waals surface area (Å²) in [6.07, 6.45) is 4.67. The lowest BCUT2D eigenvalue weighted by Crippen LogP contribution is -2.36. The van der Waals surface area contributed by atoms with Gasteiger partial charge in [-0.25, -0.2) is 0 Å².